The lowest BCUT2D eigenvalue weighted by Gasteiger charge is -2.22. The average molecular weight is 445 g/mol. The number of anilines is 1. The quantitative estimate of drug-likeness (QED) is 0.643. The summed E-state index contributed by atoms with van der Waals surface area (Å²) >= 11 is 0. The van der Waals surface area contributed by atoms with Crippen molar-refractivity contribution in [2.24, 2.45) is 5.10 Å². The number of carbonyl (C=O) groups excluding carboxylic acids is 1. The molecule has 1 aliphatic rings. The molecule has 0 fully saturated rings. The van der Waals surface area contributed by atoms with Crippen LogP contribution >= 0.6 is 0 Å². The summed E-state index contributed by atoms with van der Waals surface area (Å²) in [4.78, 5) is 23.6. The van der Waals surface area contributed by atoms with Crippen molar-refractivity contribution in [2.45, 2.75) is 25.3 Å². The Balaban J connectivity index is 1.92. The Kier molecular flexibility index (Phi) is 6.59. The number of methoxy groups -OCH3 is 1. The standard InChI is InChI=1S/C21H23N3O6S/c1-30-17-8-6-14(7-9-17)19-13-18(22-24(19)20(25)10-11-21(26)27)15-4-3-5-16(12-15)23-31(2,28)29/h3-9,12,19,23H,10-11,13H2,1-2H3,(H,26,27). The maximum Gasteiger partial charge on any atom is 0.303 e. The van der Waals surface area contributed by atoms with Gasteiger partial charge in [0, 0.05) is 18.5 Å². The minimum Gasteiger partial charge on any atom is -0.497 e. The second-order valence-electron chi connectivity index (χ2n) is 7.13. The van der Waals surface area contributed by atoms with Gasteiger partial charge in [-0.25, -0.2) is 13.4 Å². The summed E-state index contributed by atoms with van der Waals surface area (Å²) < 4.78 is 30.7. The Morgan fingerprint density at radius 3 is 2.52 bits per heavy atom. The van der Waals surface area contributed by atoms with E-state index in [1.807, 2.05) is 12.1 Å². The molecule has 0 aliphatic carbocycles. The lowest BCUT2D eigenvalue weighted by Crippen LogP contribution is -2.27. The Morgan fingerprint density at radius 2 is 1.90 bits per heavy atom. The number of hydrazone groups is 1. The van der Waals surface area contributed by atoms with E-state index < -0.39 is 27.9 Å². The van der Waals surface area contributed by atoms with Crippen LogP contribution < -0.4 is 9.46 Å². The Morgan fingerprint density at radius 1 is 1.19 bits per heavy atom. The second-order valence-corrected chi connectivity index (χ2v) is 8.88. The van der Waals surface area contributed by atoms with Crippen LogP contribution in [0.1, 0.15) is 36.4 Å². The smallest absolute Gasteiger partial charge is 0.303 e. The molecule has 9 nitrogen and oxygen atoms in total. The number of sulfonamides is 1. The molecule has 0 radical (unpaired) electrons. The highest BCUT2D eigenvalue weighted by molar-refractivity contribution is 7.92. The molecule has 3 rings (SSSR count). The van der Waals surface area contributed by atoms with Crippen LogP contribution in [0.3, 0.4) is 0 Å². The van der Waals surface area contributed by atoms with Crippen molar-refractivity contribution >= 4 is 33.3 Å². The van der Waals surface area contributed by atoms with E-state index in [0.29, 0.717) is 29.1 Å². The van der Waals surface area contributed by atoms with Gasteiger partial charge in [0.15, 0.2) is 0 Å². The first-order valence-corrected chi connectivity index (χ1v) is 11.4. The van der Waals surface area contributed by atoms with Crippen molar-refractivity contribution in [1.82, 2.24) is 5.01 Å². The van der Waals surface area contributed by atoms with Gasteiger partial charge in [-0.3, -0.25) is 14.3 Å². The third kappa shape index (κ3) is 5.82. The SMILES string of the molecule is COc1ccc(C2CC(c3cccc(NS(C)(=O)=O)c3)=NN2C(=O)CCC(=O)O)cc1. The van der Waals surface area contributed by atoms with Crippen molar-refractivity contribution < 1.29 is 27.9 Å². The number of hydrogen-bond acceptors (Lipinski definition) is 6. The lowest BCUT2D eigenvalue weighted by atomic mass is 9.98. The normalized spacial score (nSPS) is 16.0. The van der Waals surface area contributed by atoms with E-state index in [4.69, 9.17) is 9.84 Å². The molecular weight excluding hydrogens is 422 g/mol. The van der Waals surface area contributed by atoms with Crippen molar-refractivity contribution in [3.63, 3.8) is 0 Å². The number of ether oxygens (including phenoxy) is 1. The van der Waals surface area contributed by atoms with Crippen LogP contribution in [0.4, 0.5) is 5.69 Å². The minimum atomic E-state index is -3.44. The van der Waals surface area contributed by atoms with E-state index in [9.17, 15) is 18.0 Å². The number of nitrogens with one attached hydrogen (secondary N) is 1. The van der Waals surface area contributed by atoms with Gasteiger partial charge in [-0.05, 0) is 35.4 Å². The molecule has 31 heavy (non-hydrogen) atoms. The van der Waals surface area contributed by atoms with Gasteiger partial charge < -0.3 is 9.84 Å². The second kappa shape index (κ2) is 9.17. The molecule has 10 heteroatoms. The lowest BCUT2D eigenvalue weighted by molar-refractivity contribution is -0.141. The van der Waals surface area contributed by atoms with E-state index in [-0.39, 0.29) is 12.8 Å². The average Bonchev–Trinajstić information content (AvgIpc) is 3.16. The largest absolute Gasteiger partial charge is 0.497 e. The molecule has 164 valence electrons. The predicted molar refractivity (Wildman–Crippen MR) is 116 cm³/mol. The molecular formula is C21H23N3O6S. The van der Waals surface area contributed by atoms with Crippen LogP contribution in [0.5, 0.6) is 5.75 Å². The Labute approximate surface area is 180 Å². The third-order valence-electron chi connectivity index (χ3n) is 4.72. The van der Waals surface area contributed by atoms with Crippen molar-refractivity contribution in [3.05, 3.63) is 59.7 Å². The maximum atomic E-state index is 12.7. The Hall–Kier alpha value is -3.40. The highest BCUT2D eigenvalue weighted by atomic mass is 32.2. The van der Waals surface area contributed by atoms with Gasteiger partial charge in [-0.15, -0.1) is 0 Å². The molecule has 0 saturated carbocycles. The Bertz CT molecular complexity index is 1110. The molecule has 0 aromatic heterocycles. The van der Waals surface area contributed by atoms with Crippen LogP contribution in [-0.4, -0.2) is 49.5 Å². The fourth-order valence-corrected chi connectivity index (χ4v) is 3.86. The predicted octanol–water partition coefficient (Wildman–Crippen LogP) is 2.61. The molecule has 1 aliphatic heterocycles. The molecule has 1 atom stereocenters. The van der Waals surface area contributed by atoms with E-state index in [2.05, 4.69) is 9.82 Å². The van der Waals surface area contributed by atoms with Gasteiger partial charge in [0.25, 0.3) is 0 Å². The highest BCUT2D eigenvalue weighted by Gasteiger charge is 2.33. The summed E-state index contributed by atoms with van der Waals surface area (Å²) in [5, 5.41) is 14.7. The third-order valence-corrected chi connectivity index (χ3v) is 5.32. The van der Waals surface area contributed by atoms with Crippen LogP contribution in [0.2, 0.25) is 0 Å². The summed E-state index contributed by atoms with van der Waals surface area (Å²) in [6.07, 6.45) is 1.00. The van der Waals surface area contributed by atoms with Gasteiger partial charge in [0.05, 0.1) is 31.5 Å². The van der Waals surface area contributed by atoms with E-state index in [1.54, 1.807) is 43.5 Å². The van der Waals surface area contributed by atoms with E-state index >= 15 is 0 Å². The van der Waals surface area contributed by atoms with Crippen molar-refractivity contribution in [3.8, 4) is 5.75 Å². The number of aliphatic carboxylic acids is 1. The molecule has 2 aromatic rings. The van der Waals surface area contributed by atoms with Gasteiger partial charge in [-0.2, -0.15) is 5.10 Å². The molecule has 0 saturated heterocycles. The van der Waals surface area contributed by atoms with Crippen molar-refractivity contribution in [2.75, 3.05) is 18.1 Å². The summed E-state index contributed by atoms with van der Waals surface area (Å²) in [5.74, 6) is -0.785. The van der Waals surface area contributed by atoms with Crippen LogP contribution in [0, 0.1) is 0 Å². The zero-order chi connectivity index (χ0) is 22.6. The molecule has 0 bridgehead atoms. The first-order chi connectivity index (χ1) is 14.7. The number of benzene rings is 2. The molecule has 1 amide bonds. The maximum absolute atomic E-state index is 12.7. The number of amides is 1. The molecule has 2 N–H and O–H groups in total. The van der Waals surface area contributed by atoms with Gasteiger partial charge in [0.2, 0.25) is 15.9 Å². The number of rotatable bonds is 8. The fraction of sp³-hybridized carbons (Fsp3) is 0.286. The van der Waals surface area contributed by atoms with Gasteiger partial charge >= 0.3 is 5.97 Å². The molecule has 1 heterocycles. The van der Waals surface area contributed by atoms with Crippen LogP contribution in [-0.2, 0) is 19.6 Å². The highest BCUT2D eigenvalue weighted by Crippen LogP contribution is 2.34. The molecule has 2 aromatic carbocycles. The summed E-state index contributed by atoms with van der Waals surface area (Å²) in [6, 6.07) is 13.6. The number of nitrogens with zero attached hydrogens (tertiary/aromatic N) is 2. The summed E-state index contributed by atoms with van der Waals surface area (Å²) in [7, 11) is -1.88. The van der Waals surface area contributed by atoms with E-state index in [0.717, 1.165) is 11.8 Å². The van der Waals surface area contributed by atoms with Crippen LogP contribution in [0.25, 0.3) is 0 Å². The van der Waals surface area contributed by atoms with Crippen LogP contribution in [0.15, 0.2) is 53.6 Å². The summed E-state index contributed by atoms with van der Waals surface area (Å²) in [6.45, 7) is 0. The molecule has 0 spiro atoms. The number of carbonyl (C=O) groups is 2. The van der Waals surface area contributed by atoms with Gasteiger partial charge in [0.1, 0.15) is 5.75 Å². The minimum absolute atomic E-state index is 0.172. The zero-order valence-electron chi connectivity index (χ0n) is 17.1. The van der Waals surface area contributed by atoms with Crippen molar-refractivity contribution in [1.29, 1.82) is 0 Å². The van der Waals surface area contributed by atoms with E-state index in [1.165, 1.54) is 5.01 Å². The zero-order valence-corrected chi connectivity index (χ0v) is 17.9. The number of carboxylic acids is 1. The fourth-order valence-electron chi connectivity index (χ4n) is 3.31. The monoisotopic (exact) mass is 445 g/mol. The number of hydrogen-bond donors (Lipinski definition) is 2. The first-order valence-electron chi connectivity index (χ1n) is 9.50. The first kappa shape index (κ1) is 22.3. The molecule has 1 unspecified atom stereocenters. The number of carboxylic acid groups (broad SMARTS) is 1. The van der Waals surface area contributed by atoms with Gasteiger partial charge in [-0.1, -0.05) is 24.3 Å². The summed E-state index contributed by atoms with van der Waals surface area (Å²) in [5.41, 5.74) is 2.48. The topological polar surface area (TPSA) is 125 Å².